The van der Waals surface area contributed by atoms with Gasteiger partial charge < -0.3 is 10.1 Å². The molecule has 0 atom stereocenters. The molecule has 0 aliphatic heterocycles. The summed E-state index contributed by atoms with van der Waals surface area (Å²) >= 11 is 6.05. The fourth-order valence-corrected chi connectivity index (χ4v) is 3.24. The molecule has 9 heteroatoms. The average molecular weight is 415 g/mol. The van der Waals surface area contributed by atoms with E-state index in [1.165, 1.54) is 30.3 Å². The quantitative estimate of drug-likeness (QED) is 0.674. The van der Waals surface area contributed by atoms with E-state index < -0.39 is 15.9 Å². The third-order valence-electron chi connectivity index (χ3n) is 3.64. The lowest BCUT2D eigenvalue weighted by Gasteiger charge is -2.22. The summed E-state index contributed by atoms with van der Waals surface area (Å²) in [6.07, 6.45) is 1.02. The van der Waals surface area contributed by atoms with Gasteiger partial charge in [0.2, 0.25) is 15.9 Å². The molecule has 27 heavy (non-hydrogen) atoms. The number of carbonyl (C=O) groups excluding carboxylic acids is 1. The summed E-state index contributed by atoms with van der Waals surface area (Å²) < 4.78 is 43.3. The van der Waals surface area contributed by atoms with Crippen molar-refractivity contribution >= 4 is 33.2 Å². The molecule has 0 aliphatic carbocycles. The molecular formula is C18H20ClFN2O4S. The molecule has 1 N–H and O–H groups in total. The van der Waals surface area contributed by atoms with Gasteiger partial charge in [-0.05, 0) is 48.9 Å². The second-order valence-electron chi connectivity index (χ2n) is 5.86. The Morgan fingerprint density at radius 3 is 2.48 bits per heavy atom. The first kappa shape index (κ1) is 21.0. The summed E-state index contributed by atoms with van der Waals surface area (Å²) in [7, 11) is -3.67. The van der Waals surface area contributed by atoms with Crippen LogP contribution in [0.15, 0.2) is 42.5 Å². The standard InChI is InChI=1S/C18H20ClFN2O4S/c1-13-3-6-15(11-17(13)19)22(27(2,24)25)12-18(23)21-9-10-26-16-7-4-14(20)5-8-16/h3-8,11H,9-10,12H2,1-2H3,(H,21,23). The molecule has 0 saturated carbocycles. The van der Waals surface area contributed by atoms with Crippen LogP contribution in [0.25, 0.3) is 0 Å². The third-order valence-corrected chi connectivity index (χ3v) is 5.19. The largest absolute Gasteiger partial charge is 0.492 e. The van der Waals surface area contributed by atoms with Crippen molar-refractivity contribution < 1.29 is 22.3 Å². The third kappa shape index (κ3) is 6.41. The lowest BCUT2D eigenvalue weighted by atomic mass is 10.2. The second-order valence-corrected chi connectivity index (χ2v) is 8.17. The maximum Gasteiger partial charge on any atom is 0.240 e. The molecule has 0 bridgehead atoms. The first-order valence-electron chi connectivity index (χ1n) is 8.06. The number of ether oxygens (including phenoxy) is 1. The summed E-state index contributed by atoms with van der Waals surface area (Å²) in [6, 6.07) is 10.3. The number of nitrogens with one attached hydrogen (secondary N) is 1. The van der Waals surface area contributed by atoms with E-state index in [2.05, 4.69) is 5.32 Å². The van der Waals surface area contributed by atoms with Crippen LogP contribution < -0.4 is 14.4 Å². The predicted octanol–water partition coefficient (Wildman–Crippen LogP) is 2.75. The van der Waals surface area contributed by atoms with E-state index in [9.17, 15) is 17.6 Å². The topological polar surface area (TPSA) is 75.7 Å². The van der Waals surface area contributed by atoms with E-state index in [-0.39, 0.29) is 25.5 Å². The maximum absolute atomic E-state index is 12.8. The van der Waals surface area contributed by atoms with Crippen molar-refractivity contribution in [1.82, 2.24) is 5.32 Å². The normalized spacial score (nSPS) is 11.1. The predicted molar refractivity (Wildman–Crippen MR) is 103 cm³/mol. The SMILES string of the molecule is Cc1ccc(N(CC(=O)NCCOc2ccc(F)cc2)S(C)(=O)=O)cc1Cl. The lowest BCUT2D eigenvalue weighted by molar-refractivity contribution is -0.119. The number of amides is 1. The van der Waals surface area contributed by atoms with Crippen molar-refractivity contribution in [3.05, 3.63) is 58.9 Å². The Hall–Kier alpha value is -2.32. The van der Waals surface area contributed by atoms with Crippen LogP contribution in [0.1, 0.15) is 5.56 Å². The second kappa shape index (κ2) is 9.05. The van der Waals surface area contributed by atoms with E-state index in [1.54, 1.807) is 19.1 Å². The number of carbonyl (C=O) groups is 1. The van der Waals surface area contributed by atoms with Gasteiger partial charge in [-0.25, -0.2) is 12.8 Å². The highest BCUT2D eigenvalue weighted by molar-refractivity contribution is 7.92. The Morgan fingerprint density at radius 2 is 1.89 bits per heavy atom. The van der Waals surface area contributed by atoms with Crippen LogP contribution in [0, 0.1) is 12.7 Å². The van der Waals surface area contributed by atoms with Crippen LogP contribution in [-0.4, -0.2) is 40.3 Å². The lowest BCUT2D eigenvalue weighted by Crippen LogP contribution is -2.41. The first-order chi connectivity index (χ1) is 12.7. The van der Waals surface area contributed by atoms with Crippen molar-refractivity contribution in [2.75, 3.05) is 30.3 Å². The Kier molecular flexibility index (Phi) is 7.04. The molecule has 2 aromatic carbocycles. The summed E-state index contributed by atoms with van der Waals surface area (Å²) in [5, 5.41) is 3.00. The number of hydrogen-bond acceptors (Lipinski definition) is 4. The number of aryl methyl sites for hydroxylation is 1. The van der Waals surface area contributed by atoms with Crippen molar-refractivity contribution in [3.8, 4) is 5.75 Å². The van der Waals surface area contributed by atoms with Gasteiger partial charge in [0, 0.05) is 5.02 Å². The van der Waals surface area contributed by atoms with Crippen LogP contribution in [0.3, 0.4) is 0 Å². The number of nitrogens with zero attached hydrogens (tertiary/aromatic N) is 1. The number of hydrogen-bond donors (Lipinski definition) is 1. The van der Waals surface area contributed by atoms with E-state index in [4.69, 9.17) is 16.3 Å². The van der Waals surface area contributed by atoms with Gasteiger partial charge in [0.15, 0.2) is 0 Å². The highest BCUT2D eigenvalue weighted by Gasteiger charge is 2.21. The number of anilines is 1. The summed E-state index contributed by atoms with van der Waals surface area (Å²) in [4.78, 5) is 12.1. The molecule has 0 unspecified atom stereocenters. The van der Waals surface area contributed by atoms with Crippen LogP contribution in [0.4, 0.5) is 10.1 Å². The van der Waals surface area contributed by atoms with E-state index >= 15 is 0 Å². The van der Waals surface area contributed by atoms with Crippen molar-refractivity contribution in [3.63, 3.8) is 0 Å². The molecular weight excluding hydrogens is 395 g/mol. The van der Waals surface area contributed by atoms with Gasteiger partial charge in [0.1, 0.15) is 24.7 Å². The van der Waals surface area contributed by atoms with Crippen molar-refractivity contribution in [1.29, 1.82) is 0 Å². The maximum atomic E-state index is 12.8. The Bertz CT molecular complexity index is 904. The van der Waals surface area contributed by atoms with Crippen molar-refractivity contribution in [2.45, 2.75) is 6.92 Å². The Morgan fingerprint density at radius 1 is 1.22 bits per heavy atom. The summed E-state index contributed by atoms with van der Waals surface area (Å²) in [5.41, 5.74) is 1.11. The van der Waals surface area contributed by atoms with Gasteiger partial charge in [0.05, 0.1) is 18.5 Å². The zero-order valence-corrected chi connectivity index (χ0v) is 16.5. The van der Waals surface area contributed by atoms with Crippen LogP contribution in [0.2, 0.25) is 5.02 Å². The van der Waals surface area contributed by atoms with Gasteiger partial charge in [0.25, 0.3) is 0 Å². The molecule has 0 aliphatic rings. The number of sulfonamides is 1. The highest BCUT2D eigenvalue weighted by atomic mass is 35.5. The molecule has 1 amide bonds. The van der Waals surface area contributed by atoms with Crippen LogP contribution in [-0.2, 0) is 14.8 Å². The van der Waals surface area contributed by atoms with Gasteiger partial charge in [-0.1, -0.05) is 17.7 Å². The van der Waals surface area contributed by atoms with E-state index in [0.717, 1.165) is 16.1 Å². The monoisotopic (exact) mass is 414 g/mol. The zero-order valence-electron chi connectivity index (χ0n) is 14.9. The Labute approximate surface area is 162 Å². The number of halogens is 2. The molecule has 0 fully saturated rings. The number of rotatable bonds is 8. The van der Waals surface area contributed by atoms with Crippen LogP contribution >= 0.6 is 11.6 Å². The smallest absolute Gasteiger partial charge is 0.240 e. The molecule has 0 saturated heterocycles. The fourth-order valence-electron chi connectivity index (χ4n) is 2.21. The van der Waals surface area contributed by atoms with Gasteiger partial charge >= 0.3 is 0 Å². The molecule has 0 radical (unpaired) electrons. The minimum atomic E-state index is -3.67. The Balaban J connectivity index is 1.92. The molecule has 0 aromatic heterocycles. The molecule has 2 aromatic rings. The number of benzene rings is 2. The van der Waals surface area contributed by atoms with Gasteiger partial charge in [-0.3, -0.25) is 9.10 Å². The summed E-state index contributed by atoms with van der Waals surface area (Å²) in [6.45, 7) is 1.74. The molecule has 0 spiro atoms. The zero-order chi connectivity index (χ0) is 20.0. The molecule has 2 rings (SSSR count). The minimum absolute atomic E-state index is 0.159. The average Bonchev–Trinajstić information content (AvgIpc) is 2.60. The van der Waals surface area contributed by atoms with E-state index in [1.807, 2.05) is 0 Å². The van der Waals surface area contributed by atoms with Crippen LogP contribution in [0.5, 0.6) is 5.75 Å². The first-order valence-corrected chi connectivity index (χ1v) is 10.3. The minimum Gasteiger partial charge on any atom is -0.492 e. The van der Waals surface area contributed by atoms with Crippen molar-refractivity contribution in [2.24, 2.45) is 0 Å². The van der Waals surface area contributed by atoms with Gasteiger partial charge in [-0.15, -0.1) is 0 Å². The highest BCUT2D eigenvalue weighted by Crippen LogP contribution is 2.24. The molecule has 0 heterocycles. The molecule has 146 valence electrons. The van der Waals surface area contributed by atoms with E-state index in [0.29, 0.717) is 16.5 Å². The van der Waals surface area contributed by atoms with Gasteiger partial charge in [-0.2, -0.15) is 0 Å². The summed E-state index contributed by atoms with van der Waals surface area (Å²) in [5.74, 6) is -0.384. The fraction of sp³-hybridized carbons (Fsp3) is 0.278. The molecule has 6 nitrogen and oxygen atoms in total.